The van der Waals surface area contributed by atoms with Crippen LogP contribution in [0.4, 0.5) is 0 Å². The molecule has 1 unspecified atom stereocenters. The fourth-order valence-corrected chi connectivity index (χ4v) is 2.55. The number of halogens is 1. The Morgan fingerprint density at radius 3 is 2.67 bits per heavy atom. The summed E-state index contributed by atoms with van der Waals surface area (Å²) in [5.74, 6) is 0.909. The van der Waals surface area contributed by atoms with Crippen LogP contribution < -0.4 is 4.74 Å². The number of para-hydroxylation sites is 1. The van der Waals surface area contributed by atoms with Gasteiger partial charge in [0.25, 0.3) is 0 Å². The molecule has 1 heterocycles. The lowest BCUT2D eigenvalue weighted by Gasteiger charge is -2.13. The molecule has 0 bridgehead atoms. The van der Waals surface area contributed by atoms with Crippen LogP contribution in [0.2, 0.25) is 0 Å². The fourth-order valence-electron chi connectivity index (χ4n) is 1.84. The van der Waals surface area contributed by atoms with Crippen molar-refractivity contribution in [1.29, 1.82) is 0 Å². The third kappa shape index (κ3) is 3.10. The molecule has 1 aromatic carbocycles. The van der Waals surface area contributed by atoms with Crippen molar-refractivity contribution >= 4 is 15.9 Å². The van der Waals surface area contributed by atoms with Crippen LogP contribution in [0.3, 0.4) is 0 Å². The monoisotopic (exact) mass is 305 g/mol. The van der Waals surface area contributed by atoms with Gasteiger partial charge in [0.1, 0.15) is 5.75 Å². The average Bonchev–Trinajstić information content (AvgIpc) is 2.41. The molecule has 0 aliphatic rings. The van der Waals surface area contributed by atoms with Gasteiger partial charge in [-0.2, -0.15) is 0 Å². The Hall–Kier alpha value is -1.35. The molecule has 0 saturated heterocycles. The normalized spacial score (nSPS) is 12.2. The van der Waals surface area contributed by atoms with Crippen molar-refractivity contribution in [1.82, 2.24) is 4.98 Å². The number of aromatic nitrogens is 1. The van der Waals surface area contributed by atoms with Gasteiger partial charge in [0.05, 0.1) is 7.11 Å². The molecule has 3 heteroatoms. The Kier molecular flexibility index (Phi) is 4.37. The molecule has 2 aromatic rings. The summed E-state index contributed by atoms with van der Waals surface area (Å²) in [6.07, 6.45) is 2.75. The van der Waals surface area contributed by atoms with E-state index < -0.39 is 0 Å². The van der Waals surface area contributed by atoms with Crippen molar-refractivity contribution < 1.29 is 4.74 Å². The van der Waals surface area contributed by atoms with Gasteiger partial charge in [-0.3, -0.25) is 4.98 Å². The summed E-state index contributed by atoms with van der Waals surface area (Å²) < 4.78 is 5.37. The van der Waals surface area contributed by atoms with Crippen LogP contribution in [0.5, 0.6) is 5.75 Å². The molecule has 1 atom stereocenters. The number of nitrogens with zero attached hydrogens (tertiary/aromatic N) is 1. The van der Waals surface area contributed by atoms with Crippen LogP contribution in [0.1, 0.15) is 21.6 Å². The third-order valence-electron chi connectivity index (χ3n) is 2.84. The molecular weight excluding hydrogens is 290 g/mol. The van der Waals surface area contributed by atoms with Crippen molar-refractivity contribution in [3.63, 3.8) is 0 Å². The largest absolute Gasteiger partial charge is 0.496 e. The maximum atomic E-state index is 5.37. The molecule has 0 radical (unpaired) electrons. The molecule has 18 heavy (non-hydrogen) atoms. The zero-order valence-electron chi connectivity index (χ0n) is 10.6. The van der Waals surface area contributed by atoms with E-state index in [-0.39, 0.29) is 4.83 Å². The Bertz CT molecular complexity index is 510. The average molecular weight is 306 g/mol. The molecule has 0 saturated carbocycles. The smallest absolute Gasteiger partial charge is 0.123 e. The Morgan fingerprint density at radius 2 is 2.00 bits per heavy atom. The number of ether oxygens (including phenoxy) is 1. The maximum Gasteiger partial charge on any atom is 0.123 e. The molecule has 0 amide bonds. The number of pyridine rings is 1. The predicted molar refractivity (Wildman–Crippen MR) is 77.3 cm³/mol. The van der Waals surface area contributed by atoms with Crippen molar-refractivity contribution in [3.8, 4) is 5.75 Å². The van der Waals surface area contributed by atoms with E-state index in [4.69, 9.17) is 4.74 Å². The number of alkyl halides is 1. The van der Waals surface area contributed by atoms with E-state index in [0.29, 0.717) is 0 Å². The molecule has 0 fully saturated rings. The van der Waals surface area contributed by atoms with Gasteiger partial charge in [0.2, 0.25) is 0 Å². The third-order valence-corrected chi connectivity index (χ3v) is 3.65. The standard InChI is InChI=1S/C15H16BrNO/c1-11-7-8-12(17-10-11)9-14(16)13-5-3-4-6-15(13)18-2/h3-8,10,14H,9H2,1-2H3. The number of aryl methyl sites for hydroxylation is 1. The first-order valence-corrected chi connectivity index (χ1v) is 6.81. The second-order valence-corrected chi connectivity index (χ2v) is 5.35. The zero-order chi connectivity index (χ0) is 13.0. The van der Waals surface area contributed by atoms with E-state index in [1.165, 1.54) is 5.56 Å². The SMILES string of the molecule is COc1ccccc1C(Br)Cc1ccc(C)cn1. The van der Waals surface area contributed by atoms with Crippen LogP contribution in [0.25, 0.3) is 0 Å². The highest BCUT2D eigenvalue weighted by Gasteiger charge is 2.13. The summed E-state index contributed by atoms with van der Waals surface area (Å²) in [7, 11) is 1.70. The first kappa shape index (κ1) is 13.1. The maximum absolute atomic E-state index is 5.37. The number of hydrogen-bond donors (Lipinski definition) is 0. The van der Waals surface area contributed by atoms with Gasteiger partial charge < -0.3 is 4.74 Å². The van der Waals surface area contributed by atoms with Crippen LogP contribution >= 0.6 is 15.9 Å². The Morgan fingerprint density at radius 1 is 1.22 bits per heavy atom. The van der Waals surface area contributed by atoms with Gasteiger partial charge in [0, 0.05) is 28.7 Å². The van der Waals surface area contributed by atoms with Gasteiger partial charge in [-0.15, -0.1) is 0 Å². The van der Waals surface area contributed by atoms with Crippen LogP contribution in [-0.2, 0) is 6.42 Å². The minimum Gasteiger partial charge on any atom is -0.496 e. The zero-order valence-corrected chi connectivity index (χ0v) is 12.1. The second-order valence-electron chi connectivity index (χ2n) is 4.24. The summed E-state index contributed by atoms with van der Waals surface area (Å²) in [4.78, 5) is 4.64. The fraction of sp³-hybridized carbons (Fsp3) is 0.267. The van der Waals surface area contributed by atoms with Crippen molar-refractivity contribution in [2.24, 2.45) is 0 Å². The van der Waals surface area contributed by atoms with Gasteiger partial charge in [-0.1, -0.05) is 40.2 Å². The molecule has 94 valence electrons. The van der Waals surface area contributed by atoms with Crippen LogP contribution in [0, 0.1) is 6.92 Å². The van der Waals surface area contributed by atoms with Crippen LogP contribution in [-0.4, -0.2) is 12.1 Å². The molecule has 0 N–H and O–H groups in total. The number of methoxy groups -OCH3 is 1. The van der Waals surface area contributed by atoms with Gasteiger partial charge in [0.15, 0.2) is 0 Å². The Balaban J connectivity index is 2.16. The van der Waals surface area contributed by atoms with Crippen LogP contribution in [0.15, 0.2) is 42.6 Å². The van der Waals surface area contributed by atoms with E-state index >= 15 is 0 Å². The summed E-state index contributed by atoms with van der Waals surface area (Å²) in [6.45, 7) is 2.04. The second kappa shape index (κ2) is 6.01. The van der Waals surface area contributed by atoms with E-state index in [1.54, 1.807) is 7.11 Å². The van der Waals surface area contributed by atoms with Crippen molar-refractivity contribution in [2.75, 3.05) is 7.11 Å². The summed E-state index contributed by atoms with van der Waals surface area (Å²) in [5.41, 5.74) is 3.41. The summed E-state index contributed by atoms with van der Waals surface area (Å²) in [6, 6.07) is 12.2. The highest BCUT2D eigenvalue weighted by Crippen LogP contribution is 2.33. The number of hydrogen-bond acceptors (Lipinski definition) is 2. The topological polar surface area (TPSA) is 22.1 Å². The highest BCUT2D eigenvalue weighted by molar-refractivity contribution is 9.09. The van der Waals surface area contributed by atoms with Gasteiger partial charge in [-0.25, -0.2) is 0 Å². The quantitative estimate of drug-likeness (QED) is 0.794. The molecule has 2 nitrogen and oxygen atoms in total. The van der Waals surface area contributed by atoms with E-state index in [9.17, 15) is 0 Å². The predicted octanol–water partition coefficient (Wildman–Crippen LogP) is 4.08. The van der Waals surface area contributed by atoms with Crippen molar-refractivity contribution in [3.05, 3.63) is 59.4 Å². The molecule has 1 aromatic heterocycles. The lowest BCUT2D eigenvalue weighted by Crippen LogP contribution is -2.00. The molecule has 0 aliphatic carbocycles. The van der Waals surface area contributed by atoms with Crippen molar-refractivity contribution in [2.45, 2.75) is 18.2 Å². The highest BCUT2D eigenvalue weighted by atomic mass is 79.9. The summed E-state index contributed by atoms with van der Waals surface area (Å²) >= 11 is 3.71. The number of rotatable bonds is 4. The van der Waals surface area contributed by atoms with Gasteiger partial charge in [-0.05, 0) is 24.6 Å². The lowest BCUT2D eigenvalue weighted by molar-refractivity contribution is 0.409. The Labute approximate surface area is 116 Å². The molecule has 2 rings (SSSR count). The summed E-state index contributed by atoms with van der Waals surface area (Å²) in [5, 5.41) is 0. The first-order chi connectivity index (χ1) is 8.70. The molecule has 0 aliphatic heterocycles. The lowest BCUT2D eigenvalue weighted by atomic mass is 10.1. The first-order valence-electron chi connectivity index (χ1n) is 5.89. The van der Waals surface area contributed by atoms with E-state index in [1.807, 2.05) is 31.3 Å². The number of benzene rings is 1. The minimum atomic E-state index is 0.212. The van der Waals surface area contributed by atoms with E-state index in [0.717, 1.165) is 23.4 Å². The minimum absolute atomic E-state index is 0.212. The van der Waals surface area contributed by atoms with E-state index in [2.05, 4.69) is 39.1 Å². The molecular formula is C15H16BrNO. The molecule has 0 spiro atoms. The van der Waals surface area contributed by atoms with Gasteiger partial charge >= 0.3 is 0 Å².